The minimum absolute atomic E-state index is 0.113. The first-order chi connectivity index (χ1) is 8.72. The number of hydrogen-bond donors (Lipinski definition) is 1. The number of rotatable bonds is 4. The van der Waals surface area contributed by atoms with E-state index in [4.69, 9.17) is 5.11 Å². The van der Waals surface area contributed by atoms with Crippen molar-refractivity contribution in [2.24, 2.45) is 0 Å². The van der Waals surface area contributed by atoms with Gasteiger partial charge in [-0.3, -0.25) is 4.90 Å². The number of carboxylic acid groups (broad SMARTS) is 1. The van der Waals surface area contributed by atoms with Crippen LogP contribution < -0.4 is 0 Å². The van der Waals surface area contributed by atoms with Gasteiger partial charge in [0.05, 0.1) is 13.1 Å². The first-order valence-electron chi connectivity index (χ1n) is 5.60. The molecule has 0 aliphatic carbocycles. The predicted molar refractivity (Wildman–Crippen MR) is 68.4 cm³/mol. The molecule has 0 unspecified atom stereocenters. The molecule has 0 saturated carbocycles. The molecular formula is C14H13NO3. The molecular weight excluding hydrogens is 230 g/mol. The van der Waals surface area contributed by atoms with Gasteiger partial charge in [0.25, 0.3) is 0 Å². The molecule has 0 fully saturated rings. The monoisotopic (exact) mass is 243 g/mol. The van der Waals surface area contributed by atoms with E-state index in [1.54, 1.807) is 0 Å². The zero-order valence-corrected chi connectivity index (χ0v) is 9.74. The van der Waals surface area contributed by atoms with Crippen molar-refractivity contribution in [3.05, 3.63) is 48.0 Å². The Morgan fingerprint density at radius 1 is 1.17 bits per heavy atom. The zero-order chi connectivity index (χ0) is 13.0. The number of hydrogen-bond acceptors (Lipinski definition) is 2. The Labute approximate surface area is 104 Å². The van der Waals surface area contributed by atoms with Crippen molar-refractivity contribution in [2.45, 2.75) is 6.54 Å². The van der Waals surface area contributed by atoms with Crippen LogP contribution in [-0.4, -0.2) is 28.9 Å². The van der Waals surface area contributed by atoms with Crippen LogP contribution in [0.25, 0.3) is 10.8 Å². The van der Waals surface area contributed by atoms with Crippen LogP contribution in [0.4, 0.5) is 4.79 Å². The summed E-state index contributed by atoms with van der Waals surface area (Å²) in [5.74, 6) is 0. The van der Waals surface area contributed by atoms with Crippen molar-refractivity contribution in [3.63, 3.8) is 0 Å². The Morgan fingerprint density at radius 2 is 1.89 bits per heavy atom. The summed E-state index contributed by atoms with van der Waals surface area (Å²) in [6.45, 7) is 0.105. The van der Waals surface area contributed by atoms with Gasteiger partial charge in [0.15, 0.2) is 0 Å². The molecule has 2 aromatic carbocycles. The Kier molecular flexibility index (Phi) is 3.57. The van der Waals surface area contributed by atoms with Crippen molar-refractivity contribution in [1.29, 1.82) is 0 Å². The molecule has 92 valence electrons. The highest BCUT2D eigenvalue weighted by atomic mass is 16.4. The van der Waals surface area contributed by atoms with Crippen molar-refractivity contribution < 1.29 is 14.7 Å². The van der Waals surface area contributed by atoms with Crippen molar-refractivity contribution in [3.8, 4) is 0 Å². The molecule has 1 amide bonds. The van der Waals surface area contributed by atoms with Crippen molar-refractivity contribution in [1.82, 2.24) is 4.90 Å². The Bertz CT molecular complexity index is 575. The lowest BCUT2D eigenvalue weighted by Crippen LogP contribution is -2.30. The Morgan fingerprint density at radius 3 is 2.61 bits per heavy atom. The lowest BCUT2D eigenvalue weighted by molar-refractivity contribution is -0.108. The molecule has 4 heteroatoms. The highest BCUT2D eigenvalue weighted by Crippen LogP contribution is 2.19. The van der Waals surface area contributed by atoms with Crippen LogP contribution in [-0.2, 0) is 11.3 Å². The molecule has 1 N–H and O–H groups in total. The van der Waals surface area contributed by atoms with Crippen LogP contribution in [0.1, 0.15) is 5.56 Å². The predicted octanol–water partition coefficient (Wildman–Crippen LogP) is 2.52. The fraction of sp³-hybridized carbons (Fsp3) is 0.143. The maximum atomic E-state index is 11.0. The first-order valence-corrected chi connectivity index (χ1v) is 5.60. The second-order valence-corrected chi connectivity index (χ2v) is 3.97. The molecule has 4 nitrogen and oxygen atoms in total. The third-order valence-electron chi connectivity index (χ3n) is 2.81. The van der Waals surface area contributed by atoms with E-state index in [-0.39, 0.29) is 13.1 Å². The maximum Gasteiger partial charge on any atom is 0.407 e. The van der Waals surface area contributed by atoms with Crippen LogP contribution in [0, 0.1) is 0 Å². The molecule has 18 heavy (non-hydrogen) atoms. The van der Waals surface area contributed by atoms with E-state index in [0.29, 0.717) is 6.29 Å². The van der Waals surface area contributed by atoms with Crippen LogP contribution in [0.3, 0.4) is 0 Å². The molecule has 0 spiro atoms. The third-order valence-corrected chi connectivity index (χ3v) is 2.81. The Hall–Kier alpha value is -2.36. The normalized spacial score (nSPS) is 10.2. The summed E-state index contributed by atoms with van der Waals surface area (Å²) in [5, 5.41) is 11.1. The van der Waals surface area contributed by atoms with Crippen LogP contribution in [0.5, 0.6) is 0 Å². The standard InChI is InChI=1S/C14H13NO3/c16-9-8-15(14(17)18)10-12-6-3-5-11-4-1-2-7-13(11)12/h1-7,9H,8,10H2,(H,17,18). The third kappa shape index (κ3) is 2.48. The smallest absolute Gasteiger partial charge is 0.407 e. The van der Waals surface area contributed by atoms with E-state index in [1.165, 1.54) is 0 Å². The number of carbonyl (C=O) groups excluding carboxylic acids is 1. The SMILES string of the molecule is O=CCN(Cc1cccc2ccccc12)C(=O)O. The van der Waals surface area contributed by atoms with Gasteiger partial charge in [0, 0.05) is 0 Å². The second kappa shape index (κ2) is 5.31. The van der Waals surface area contributed by atoms with Gasteiger partial charge < -0.3 is 9.90 Å². The van der Waals surface area contributed by atoms with Crippen LogP contribution >= 0.6 is 0 Å². The molecule has 0 aliphatic heterocycles. The fourth-order valence-corrected chi connectivity index (χ4v) is 1.94. The average Bonchev–Trinajstić information content (AvgIpc) is 2.38. The maximum absolute atomic E-state index is 11.0. The molecule has 2 aromatic rings. The Balaban J connectivity index is 2.36. The van der Waals surface area contributed by atoms with Gasteiger partial charge in [0.1, 0.15) is 6.29 Å². The van der Waals surface area contributed by atoms with E-state index in [1.807, 2.05) is 42.5 Å². The molecule has 0 radical (unpaired) electrons. The minimum atomic E-state index is -1.09. The van der Waals surface area contributed by atoms with E-state index in [9.17, 15) is 9.59 Å². The number of amides is 1. The van der Waals surface area contributed by atoms with Gasteiger partial charge in [-0.1, -0.05) is 42.5 Å². The summed E-state index contributed by atoms with van der Waals surface area (Å²) in [5.41, 5.74) is 0.900. The van der Waals surface area contributed by atoms with Crippen LogP contribution in [0.15, 0.2) is 42.5 Å². The molecule has 0 saturated heterocycles. The van der Waals surface area contributed by atoms with Gasteiger partial charge in [0.2, 0.25) is 0 Å². The van der Waals surface area contributed by atoms with E-state index in [2.05, 4.69) is 0 Å². The lowest BCUT2D eigenvalue weighted by Gasteiger charge is -2.17. The largest absolute Gasteiger partial charge is 0.465 e. The first kappa shape index (κ1) is 12.1. The topological polar surface area (TPSA) is 57.6 Å². The van der Waals surface area contributed by atoms with Gasteiger partial charge in [-0.25, -0.2) is 4.79 Å². The highest BCUT2D eigenvalue weighted by Gasteiger charge is 2.12. The fourth-order valence-electron chi connectivity index (χ4n) is 1.94. The van der Waals surface area contributed by atoms with E-state index in [0.717, 1.165) is 21.2 Å². The molecule has 0 aromatic heterocycles. The molecule has 0 aliphatic rings. The van der Waals surface area contributed by atoms with Gasteiger partial charge in [-0.15, -0.1) is 0 Å². The minimum Gasteiger partial charge on any atom is -0.465 e. The van der Waals surface area contributed by atoms with Crippen molar-refractivity contribution in [2.75, 3.05) is 6.54 Å². The number of fused-ring (bicyclic) bond motifs is 1. The van der Waals surface area contributed by atoms with Gasteiger partial charge in [-0.2, -0.15) is 0 Å². The number of carbonyl (C=O) groups is 2. The summed E-state index contributed by atoms with van der Waals surface area (Å²) in [4.78, 5) is 22.6. The average molecular weight is 243 g/mol. The summed E-state index contributed by atoms with van der Waals surface area (Å²) in [6, 6.07) is 13.5. The van der Waals surface area contributed by atoms with Crippen molar-refractivity contribution >= 4 is 23.2 Å². The van der Waals surface area contributed by atoms with E-state index >= 15 is 0 Å². The lowest BCUT2D eigenvalue weighted by atomic mass is 10.0. The number of benzene rings is 2. The molecule has 0 bridgehead atoms. The van der Waals surface area contributed by atoms with Gasteiger partial charge in [-0.05, 0) is 16.3 Å². The summed E-state index contributed by atoms with van der Waals surface area (Å²) in [7, 11) is 0. The van der Waals surface area contributed by atoms with Gasteiger partial charge >= 0.3 is 6.09 Å². The highest BCUT2D eigenvalue weighted by molar-refractivity contribution is 5.86. The number of nitrogens with zero attached hydrogens (tertiary/aromatic N) is 1. The number of aldehydes is 1. The quantitative estimate of drug-likeness (QED) is 0.839. The molecule has 0 heterocycles. The molecule has 2 rings (SSSR count). The summed E-state index contributed by atoms with van der Waals surface area (Å²) in [6.07, 6.45) is -0.491. The van der Waals surface area contributed by atoms with E-state index < -0.39 is 6.09 Å². The summed E-state index contributed by atoms with van der Waals surface area (Å²) < 4.78 is 0. The second-order valence-electron chi connectivity index (χ2n) is 3.97. The van der Waals surface area contributed by atoms with Crippen LogP contribution in [0.2, 0.25) is 0 Å². The summed E-state index contributed by atoms with van der Waals surface area (Å²) >= 11 is 0. The molecule has 0 atom stereocenters. The zero-order valence-electron chi connectivity index (χ0n) is 9.74.